The summed E-state index contributed by atoms with van der Waals surface area (Å²) in [5.41, 5.74) is 0. The molecule has 0 atom stereocenters. The van der Waals surface area contributed by atoms with Gasteiger partial charge >= 0.3 is 7.82 Å². The van der Waals surface area contributed by atoms with Crippen LogP contribution in [0, 0.1) is 0 Å². The molecule has 16 heavy (non-hydrogen) atoms. The molecule has 0 spiro atoms. The Kier molecular flexibility index (Phi) is 7.85. The Bertz CT molecular complexity index is 300. The van der Waals surface area contributed by atoms with Crippen molar-refractivity contribution in [2.45, 2.75) is 19.8 Å². The summed E-state index contributed by atoms with van der Waals surface area (Å²) >= 11 is 0. The number of benzene rings is 1. The zero-order valence-electron chi connectivity index (χ0n) is 9.11. The van der Waals surface area contributed by atoms with Gasteiger partial charge in [0.25, 0.3) is 0 Å². The van der Waals surface area contributed by atoms with E-state index >= 15 is 0 Å². The van der Waals surface area contributed by atoms with Gasteiger partial charge in [0.1, 0.15) is 5.75 Å². The normalized spacial score (nSPS) is 10.2. The van der Waals surface area contributed by atoms with Gasteiger partial charge in [-0.25, -0.2) is 4.57 Å². The first kappa shape index (κ1) is 15.1. The minimum Gasteiger partial charge on any atom is -0.494 e. The van der Waals surface area contributed by atoms with Crippen molar-refractivity contribution in [2.24, 2.45) is 0 Å². The molecule has 5 nitrogen and oxygen atoms in total. The van der Waals surface area contributed by atoms with Crippen LogP contribution in [0.2, 0.25) is 0 Å². The van der Waals surface area contributed by atoms with Crippen molar-refractivity contribution in [3.05, 3.63) is 30.3 Å². The van der Waals surface area contributed by atoms with Gasteiger partial charge in [0.05, 0.1) is 6.61 Å². The highest BCUT2D eigenvalue weighted by Gasteiger charge is 2.00. The molecule has 0 heterocycles. The van der Waals surface area contributed by atoms with E-state index in [-0.39, 0.29) is 0 Å². The molecule has 0 aromatic heterocycles. The van der Waals surface area contributed by atoms with Crippen LogP contribution >= 0.6 is 7.82 Å². The Morgan fingerprint density at radius 2 is 1.69 bits per heavy atom. The Morgan fingerprint density at radius 1 is 1.19 bits per heavy atom. The Balaban J connectivity index is 0.000000385. The lowest BCUT2D eigenvalue weighted by Gasteiger charge is -2.03. The van der Waals surface area contributed by atoms with E-state index in [1.807, 2.05) is 30.3 Å². The van der Waals surface area contributed by atoms with Crippen molar-refractivity contribution in [1.82, 2.24) is 0 Å². The first-order chi connectivity index (χ1) is 7.43. The van der Waals surface area contributed by atoms with E-state index in [9.17, 15) is 0 Å². The van der Waals surface area contributed by atoms with E-state index in [1.165, 1.54) is 6.42 Å². The largest absolute Gasteiger partial charge is 0.494 e. The zero-order chi connectivity index (χ0) is 12.4. The molecule has 1 aromatic carbocycles. The highest BCUT2D eigenvalue weighted by Crippen LogP contribution is 2.25. The quantitative estimate of drug-likeness (QED) is 0.560. The predicted octanol–water partition coefficient (Wildman–Crippen LogP) is 1.94. The maximum Gasteiger partial charge on any atom is 0.466 e. The van der Waals surface area contributed by atoms with E-state index in [0.717, 1.165) is 18.8 Å². The molecule has 0 saturated heterocycles. The Labute approximate surface area is 94.9 Å². The van der Waals surface area contributed by atoms with Crippen molar-refractivity contribution in [3.63, 3.8) is 0 Å². The van der Waals surface area contributed by atoms with Crippen LogP contribution in [0.3, 0.4) is 0 Å². The number of hydrogen-bond donors (Lipinski definition) is 3. The number of rotatable bonds is 4. The van der Waals surface area contributed by atoms with Crippen LogP contribution in [-0.2, 0) is 4.57 Å². The van der Waals surface area contributed by atoms with Crippen LogP contribution in [-0.4, -0.2) is 21.3 Å². The fraction of sp³-hybridized carbons (Fsp3) is 0.400. The van der Waals surface area contributed by atoms with Crippen LogP contribution in [0.5, 0.6) is 5.75 Å². The molecule has 0 amide bonds. The standard InChI is InChI=1S/C10H14O.H3O4P/c1-2-3-9-11-10-7-5-4-6-8-10;1-5(2,3)4/h4-8H,2-3,9H2,1H3;(H3,1,2,3,4). The van der Waals surface area contributed by atoms with E-state index < -0.39 is 7.82 Å². The average molecular weight is 248 g/mol. The SMILES string of the molecule is CCCCOc1ccccc1.O=P(O)(O)O. The second-order valence-electron chi connectivity index (χ2n) is 3.03. The summed E-state index contributed by atoms with van der Waals surface area (Å²) in [6.07, 6.45) is 2.32. The molecule has 0 unspecified atom stereocenters. The summed E-state index contributed by atoms with van der Waals surface area (Å²) in [6, 6.07) is 9.93. The van der Waals surface area contributed by atoms with Gasteiger partial charge in [-0.3, -0.25) is 0 Å². The van der Waals surface area contributed by atoms with Gasteiger partial charge in [-0.15, -0.1) is 0 Å². The van der Waals surface area contributed by atoms with Crippen molar-refractivity contribution in [1.29, 1.82) is 0 Å². The lowest BCUT2D eigenvalue weighted by atomic mass is 10.3. The number of hydrogen-bond acceptors (Lipinski definition) is 2. The Morgan fingerprint density at radius 3 is 2.12 bits per heavy atom. The third-order valence-corrected chi connectivity index (χ3v) is 1.51. The molecule has 0 radical (unpaired) electrons. The van der Waals surface area contributed by atoms with Gasteiger partial charge in [0.2, 0.25) is 0 Å². The number of ether oxygens (including phenoxy) is 1. The predicted molar refractivity (Wildman–Crippen MR) is 61.1 cm³/mol. The molecule has 1 aromatic rings. The van der Waals surface area contributed by atoms with Crippen molar-refractivity contribution in [3.8, 4) is 5.75 Å². The second kappa shape index (κ2) is 8.30. The number of unbranched alkanes of at least 4 members (excludes halogenated alkanes) is 1. The molecular formula is C10H17O5P. The van der Waals surface area contributed by atoms with E-state index in [2.05, 4.69) is 6.92 Å². The highest BCUT2D eigenvalue weighted by atomic mass is 31.2. The third kappa shape index (κ3) is 13.1. The lowest BCUT2D eigenvalue weighted by Crippen LogP contribution is -1.95. The molecule has 0 bridgehead atoms. The van der Waals surface area contributed by atoms with Crippen molar-refractivity contribution < 1.29 is 24.0 Å². The summed E-state index contributed by atoms with van der Waals surface area (Å²) in [5.74, 6) is 0.973. The zero-order valence-corrected chi connectivity index (χ0v) is 10.0. The summed E-state index contributed by atoms with van der Waals surface area (Å²) in [5, 5.41) is 0. The minimum atomic E-state index is -4.64. The average Bonchev–Trinajstić information content (AvgIpc) is 2.17. The fourth-order valence-electron chi connectivity index (χ4n) is 0.851. The molecular weight excluding hydrogens is 231 g/mol. The summed E-state index contributed by atoms with van der Waals surface area (Å²) < 4.78 is 14.3. The Hall–Kier alpha value is -0.870. The van der Waals surface area contributed by atoms with Gasteiger partial charge in [-0.1, -0.05) is 31.5 Å². The smallest absolute Gasteiger partial charge is 0.466 e. The molecule has 0 saturated carbocycles. The fourth-order valence-corrected chi connectivity index (χ4v) is 0.851. The topological polar surface area (TPSA) is 87.0 Å². The molecule has 0 fully saturated rings. The molecule has 3 N–H and O–H groups in total. The van der Waals surface area contributed by atoms with Crippen LogP contribution in [0.15, 0.2) is 30.3 Å². The summed E-state index contributed by atoms with van der Waals surface area (Å²) in [4.78, 5) is 21.6. The second-order valence-corrected chi connectivity index (χ2v) is 4.05. The third-order valence-electron chi connectivity index (χ3n) is 1.51. The summed E-state index contributed by atoms with van der Waals surface area (Å²) in [7, 11) is -4.64. The van der Waals surface area contributed by atoms with Gasteiger partial charge in [-0.2, -0.15) is 0 Å². The molecule has 0 aliphatic rings. The van der Waals surface area contributed by atoms with Crippen LogP contribution < -0.4 is 4.74 Å². The van der Waals surface area contributed by atoms with E-state index in [0.29, 0.717) is 0 Å². The molecule has 6 heteroatoms. The lowest BCUT2D eigenvalue weighted by molar-refractivity contribution is 0.275. The van der Waals surface area contributed by atoms with Gasteiger partial charge in [-0.05, 0) is 18.6 Å². The first-order valence-electron chi connectivity index (χ1n) is 4.89. The molecule has 1 rings (SSSR count). The number of phosphoric acid groups is 1. The van der Waals surface area contributed by atoms with E-state index in [1.54, 1.807) is 0 Å². The number of para-hydroxylation sites is 1. The van der Waals surface area contributed by atoms with Gasteiger partial charge < -0.3 is 19.4 Å². The van der Waals surface area contributed by atoms with Gasteiger partial charge in [0.15, 0.2) is 0 Å². The molecule has 0 aliphatic heterocycles. The van der Waals surface area contributed by atoms with Crippen LogP contribution in [0.1, 0.15) is 19.8 Å². The van der Waals surface area contributed by atoms with Gasteiger partial charge in [0, 0.05) is 0 Å². The van der Waals surface area contributed by atoms with E-state index in [4.69, 9.17) is 24.0 Å². The van der Waals surface area contributed by atoms with Crippen molar-refractivity contribution in [2.75, 3.05) is 6.61 Å². The maximum absolute atomic E-state index is 8.88. The van der Waals surface area contributed by atoms with Crippen LogP contribution in [0.4, 0.5) is 0 Å². The van der Waals surface area contributed by atoms with Crippen molar-refractivity contribution >= 4 is 7.82 Å². The monoisotopic (exact) mass is 248 g/mol. The highest BCUT2D eigenvalue weighted by molar-refractivity contribution is 7.45. The maximum atomic E-state index is 8.88. The minimum absolute atomic E-state index is 0.834. The first-order valence-corrected chi connectivity index (χ1v) is 6.46. The molecule has 0 aliphatic carbocycles. The summed E-state index contributed by atoms with van der Waals surface area (Å²) in [6.45, 7) is 2.99. The molecule has 92 valence electrons. The van der Waals surface area contributed by atoms with Crippen LogP contribution in [0.25, 0.3) is 0 Å².